The smallest absolute Gasteiger partial charge is 0.180 e. The van der Waals surface area contributed by atoms with Gasteiger partial charge in [0.2, 0.25) is 0 Å². The molecule has 4 rings (SSSR count). The lowest BCUT2D eigenvalue weighted by Crippen LogP contribution is -2.00. The van der Waals surface area contributed by atoms with Crippen molar-refractivity contribution < 1.29 is 0 Å². The number of benzene rings is 2. The number of halogens is 2. The summed E-state index contributed by atoms with van der Waals surface area (Å²) in [6.45, 7) is 0. The minimum atomic E-state index is 0.404. The lowest BCUT2D eigenvalue weighted by atomic mass is 10.2. The average Bonchev–Trinajstić information content (AvgIpc) is 2.63. The number of hydrogen-bond acceptors (Lipinski definition) is 4. The van der Waals surface area contributed by atoms with Crippen LogP contribution in [-0.2, 0) is 0 Å². The maximum Gasteiger partial charge on any atom is 0.180 e. The predicted octanol–water partition coefficient (Wildman–Crippen LogP) is 5.74. The van der Waals surface area contributed by atoms with E-state index in [0.29, 0.717) is 27.5 Å². The van der Waals surface area contributed by atoms with Crippen LogP contribution in [0.15, 0.2) is 66.7 Å². The van der Waals surface area contributed by atoms with Gasteiger partial charge in [0, 0.05) is 16.1 Å². The predicted molar refractivity (Wildman–Crippen MR) is 103 cm³/mol. The van der Waals surface area contributed by atoms with Gasteiger partial charge < -0.3 is 5.32 Å². The molecule has 0 amide bonds. The molecule has 2 heterocycles. The van der Waals surface area contributed by atoms with Gasteiger partial charge in [0.15, 0.2) is 5.82 Å². The molecule has 4 aromatic rings. The highest BCUT2D eigenvalue weighted by molar-refractivity contribution is 6.30. The summed E-state index contributed by atoms with van der Waals surface area (Å²) in [5.74, 6) is 1.21. The minimum absolute atomic E-state index is 0.404. The molecule has 0 spiro atoms. The Bertz CT molecular complexity index is 1050. The van der Waals surface area contributed by atoms with Crippen LogP contribution in [-0.4, -0.2) is 15.0 Å². The van der Waals surface area contributed by atoms with E-state index in [1.54, 1.807) is 6.07 Å². The maximum absolute atomic E-state index is 6.00. The van der Waals surface area contributed by atoms with Gasteiger partial charge in [-0.2, -0.15) is 0 Å². The van der Waals surface area contributed by atoms with Crippen LogP contribution in [0.1, 0.15) is 0 Å². The standard InChI is InChI=1S/C19H12Cl2N4/c20-12-8-10-13(11-9-12)22-18-14-4-1-2-5-15(14)24-19(25-18)16-6-3-7-17(21)23-16/h1-11H,(H,22,24,25). The molecule has 25 heavy (non-hydrogen) atoms. The normalized spacial score (nSPS) is 10.8. The van der Waals surface area contributed by atoms with Gasteiger partial charge in [-0.15, -0.1) is 0 Å². The Labute approximate surface area is 154 Å². The second kappa shape index (κ2) is 6.67. The molecule has 0 radical (unpaired) electrons. The van der Waals surface area contributed by atoms with Crippen molar-refractivity contribution in [3.63, 3.8) is 0 Å². The molecule has 2 aromatic carbocycles. The fourth-order valence-corrected chi connectivity index (χ4v) is 2.78. The summed E-state index contributed by atoms with van der Waals surface area (Å²) >= 11 is 12.0. The van der Waals surface area contributed by atoms with Crippen LogP contribution in [0.4, 0.5) is 11.5 Å². The first kappa shape index (κ1) is 15.8. The van der Waals surface area contributed by atoms with E-state index >= 15 is 0 Å². The molecular weight excluding hydrogens is 355 g/mol. The van der Waals surface area contributed by atoms with Gasteiger partial charge in [-0.05, 0) is 48.5 Å². The molecule has 0 saturated heterocycles. The third-order valence-electron chi connectivity index (χ3n) is 3.65. The monoisotopic (exact) mass is 366 g/mol. The Balaban J connectivity index is 1.85. The number of para-hydroxylation sites is 1. The van der Waals surface area contributed by atoms with E-state index in [-0.39, 0.29) is 0 Å². The Morgan fingerprint density at radius 1 is 0.720 bits per heavy atom. The van der Waals surface area contributed by atoms with Crippen LogP contribution in [0.2, 0.25) is 10.2 Å². The van der Waals surface area contributed by atoms with Gasteiger partial charge >= 0.3 is 0 Å². The molecule has 122 valence electrons. The molecule has 1 N–H and O–H groups in total. The van der Waals surface area contributed by atoms with Crippen LogP contribution in [0.5, 0.6) is 0 Å². The summed E-state index contributed by atoms with van der Waals surface area (Å²) in [5, 5.41) is 5.33. The molecule has 6 heteroatoms. The molecule has 0 fully saturated rings. The fourth-order valence-electron chi connectivity index (χ4n) is 2.49. The lowest BCUT2D eigenvalue weighted by molar-refractivity contribution is 1.18. The van der Waals surface area contributed by atoms with Crippen molar-refractivity contribution in [3.05, 3.63) is 76.9 Å². The number of pyridine rings is 1. The van der Waals surface area contributed by atoms with Crippen molar-refractivity contribution in [3.8, 4) is 11.5 Å². The van der Waals surface area contributed by atoms with Crippen LogP contribution >= 0.6 is 23.2 Å². The minimum Gasteiger partial charge on any atom is -0.340 e. The second-order valence-electron chi connectivity index (χ2n) is 5.39. The number of fused-ring (bicyclic) bond motifs is 1. The lowest BCUT2D eigenvalue weighted by Gasteiger charge is -2.11. The van der Waals surface area contributed by atoms with E-state index in [0.717, 1.165) is 16.6 Å². The zero-order chi connectivity index (χ0) is 17.2. The number of nitrogens with one attached hydrogen (secondary N) is 1. The van der Waals surface area contributed by atoms with Crippen LogP contribution < -0.4 is 5.32 Å². The van der Waals surface area contributed by atoms with Crippen molar-refractivity contribution in [1.82, 2.24) is 15.0 Å². The van der Waals surface area contributed by atoms with Crippen molar-refractivity contribution in [2.45, 2.75) is 0 Å². The van der Waals surface area contributed by atoms with E-state index in [2.05, 4.69) is 20.3 Å². The molecule has 0 aliphatic carbocycles. The molecule has 0 aliphatic heterocycles. The maximum atomic E-state index is 6.00. The largest absolute Gasteiger partial charge is 0.340 e. The Kier molecular flexibility index (Phi) is 4.22. The number of nitrogens with zero attached hydrogens (tertiary/aromatic N) is 3. The zero-order valence-corrected chi connectivity index (χ0v) is 14.5. The van der Waals surface area contributed by atoms with Crippen molar-refractivity contribution in [1.29, 1.82) is 0 Å². The molecule has 0 bridgehead atoms. The van der Waals surface area contributed by atoms with E-state index in [9.17, 15) is 0 Å². The number of hydrogen-bond donors (Lipinski definition) is 1. The molecule has 2 aromatic heterocycles. The number of rotatable bonds is 3. The highest BCUT2D eigenvalue weighted by atomic mass is 35.5. The molecule has 0 saturated carbocycles. The highest BCUT2D eigenvalue weighted by Crippen LogP contribution is 2.27. The van der Waals surface area contributed by atoms with Gasteiger partial charge in [-0.1, -0.05) is 41.4 Å². The molecule has 0 aliphatic rings. The third-order valence-corrected chi connectivity index (χ3v) is 4.12. The topological polar surface area (TPSA) is 50.7 Å². The van der Waals surface area contributed by atoms with Crippen LogP contribution in [0.3, 0.4) is 0 Å². The molecular formula is C19H12Cl2N4. The van der Waals surface area contributed by atoms with Crippen molar-refractivity contribution >= 4 is 45.6 Å². The SMILES string of the molecule is Clc1ccc(Nc2nc(-c3cccc(Cl)n3)nc3ccccc23)cc1. The third kappa shape index (κ3) is 3.40. The van der Waals surface area contributed by atoms with E-state index < -0.39 is 0 Å². The summed E-state index contributed by atoms with van der Waals surface area (Å²) in [4.78, 5) is 13.6. The van der Waals surface area contributed by atoms with Crippen LogP contribution in [0.25, 0.3) is 22.4 Å². The first-order chi connectivity index (χ1) is 12.2. The summed E-state index contributed by atoms with van der Waals surface area (Å²) < 4.78 is 0. The fraction of sp³-hybridized carbons (Fsp3) is 0. The van der Waals surface area contributed by atoms with Gasteiger partial charge in [0.25, 0.3) is 0 Å². The van der Waals surface area contributed by atoms with Crippen molar-refractivity contribution in [2.24, 2.45) is 0 Å². The van der Waals surface area contributed by atoms with Crippen molar-refractivity contribution in [2.75, 3.05) is 5.32 Å². The zero-order valence-electron chi connectivity index (χ0n) is 12.9. The molecule has 0 atom stereocenters. The van der Waals surface area contributed by atoms with Gasteiger partial charge in [0.05, 0.1) is 5.52 Å². The number of aromatic nitrogens is 3. The Morgan fingerprint density at radius 2 is 1.52 bits per heavy atom. The van der Waals surface area contributed by atoms with Gasteiger partial charge in [-0.3, -0.25) is 0 Å². The Morgan fingerprint density at radius 3 is 2.32 bits per heavy atom. The van der Waals surface area contributed by atoms with E-state index in [1.807, 2.05) is 60.7 Å². The molecule has 4 nitrogen and oxygen atoms in total. The molecule has 0 unspecified atom stereocenters. The van der Waals surface area contributed by atoms with Crippen LogP contribution in [0, 0.1) is 0 Å². The quantitative estimate of drug-likeness (QED) is 0.469. The van der Waals surface area contributed by atoms with Gasteiger partial charge in [0.1, 0.15) is 16.7 Å². The van der Waals surface area contributed by atoms with E-state index in [1.165, 1.54) is 0 Å². The highest BCUT2D eigenvalue weighted by Gasteiger charge is 2.11. The summed E-state index contributed by atoms with van der Waals surface area (Å²) in [7, 11) is 0. The van der Waals surface area contributed by atoms with E-state index in [4.69, 9.17) is 23.2 Å². The summed E-state index contributed by atoms with van der Waals surface area (Å²) in [6.07, 6.45) is 0. The number of anilines is 2. The Hall–Kier alpha value is -2.69. The second-order valence-corrected chi connectivity index (χ2v) is 6.21. The summed E-state index contributed by atoms with van der Waals surface area (Å²) in [6, 6.07) is 20.6. The van der Waals surface area contributed by atoms with Gasteiger partial charge in [-0.25, -0.2) is 15.0 Å². The first-order valence-electron chi connectivity index (χ1n) is 7.61. The first-order valence-corrected chi connectivity index (χ1v) is 8.37. The summed E-state index contributed by atoms with van der Waals surface area (Å²) in [5.41, 5.74) is 2.33. The average molecular weight is 367 g/mol.